The van der Waals surface area contributed by atoms with Gasteiger partial charge in [-0.3, -0.25) is 0 Å². The second-order valence-corrected chi connectivity index (χ2v) is 3.59. The molecule has 3 nitrogen and oxygen atoms in total. The Hall–Kier alpha value is -0.120. The lowest BCUT2D eigenvalue weighted by Crippen LogP contribution is -2.48. The number of nitrogens with zero attached hydrogens (tertiary/aromatic N) is 2. The third-order valence-corrected chi connectivity index (χ3v) is 1.71. The standard InChI is InChI=1S/C7H19N2O/c1-7(6-8(2)3)9(4,5)10/h7,10H,6H2,1-5H3/q+1. The van der Waals surface area contributed by atoms with Crippen molar-refractivity contribution in [3.05, 3.63) is 0 Å². The molecular formula is C7H19N2O+. The van der Waals surface area contributed by atoms with E-state index in [0.717, 1.165) is 6.54 Å². The number of quaternary nitrogens is 1. The fourth-order valence-electron chi connectivity index (χ4n) is 0.728. The topological polar surface area (TPSA) is 23.5 Å². The molecular weight excluding hydrogens is 128 g/mol. The summed E-state index contributed by atoms with van der Waals surface area (Å²) in [6.45, 7) is 2.93. The zero-order valence-corrected chi connectivity index (χ0v) is 7.63. The number of rotatable bonds is 3. The summed E-state index contributed by atoms with van der Waals surface area (Å²) in [6.07, 6.45) is 0. The molecule has 0 aromatic heterocycles. The molecule has 3 heteroatoms. The molecule has 0 aromatic carbocycles. The van der Waals surface area contributed by atoms with E-state index in [4.69, 9.17) is 0 Å². The quantitative estimate of drug-likeness (QED) is 0.461. The molecule has 0 saturated carbocycles. The SMILES string of the molecule is CC(CN(C)C)[N+](C)(C)O. The van der Waals surface area contributed by atoms with Crippen molar-refractivity contribution in [1.82, 2.24) is 4.90 Å². The fraction of sp³-hybridized carbons (Fsp3) is 1.00. The Morgan fingerprint density at radius 3 is 1.90 bits per heavy atom. The molecule has 0 saturated heterocycles. The van der Waals surface area contributed by atoms with Crippen molar-refractivity contribution in [2.45, 2.75) is 13.0 Å². The van der Waals surface area contributed by atoms with Crippen molar-refractivity contribution in [2.24, 2.45) is 0 Å². The zero-order chi connectivity index (χ0) is 8.36. The first-order valence-corrected chi connectivity index (χ1v) is 3.55. The summed E-state index contributed by atoms with van der Waals surface area (Å²) in [5, 5.41) is 9.45. The van der Waals surface area contributed by atoms with E-state index in [1.54, 1.807) is 14.1 Å². The molecule has 10 heavy (non-hydrogen) atoms. The number of hydrogen-bond donors (Lipinski definition) is 1. The van der Waals surface area contributed by atoms with Gasteiger partial charge in [-0.15, -0.1) is 0 Å². The molecule has 1 atom stereocenters. The minimum Gasteiger partial charge on any atom is -0.304 e. The monoisotopic (exact) mass is 147 g/mol. The zero-order valence-electron chi connectivity index (χ0n) is 7.63. The first kappa shape index (κ1) is 9.88. The van der Waals surface area contributed by atoms with Crippen LogP contribution in [-0.4, -0.2) is 55.5 Å². The third kappa shape index (κ3) is 3.82. The van der Waals surface area contributed by atoms with E-state index in [1.165, 1.54) is 0 Å². The minimum atomic E-state index is 0.0399. The Labute approximate surface area is 63.4 Å². The molecule has 0 aliphatic rings. The summed E-state index contributed by atoms with van der Waals surface area (Å²) in [7, 11) is 7.58. The van der Waals surface area contributed by atoms with Gasteiger partial charge in [-0.2, -0.15) is 4.65 Å². The molecule has 0 amide bonds. The second kappa shape index (κ2) is 3.32. The Morgan fingerprint density at radius 2 is 1.80 bits per heavy atom. The van der Waals surface area contributed by atoms with Gasteiger partial charge >= 0.3 is 0 Å². The van der Waals surface area contributed by atoms with Crippen molar-refractivity contribution >= 4 is 0 Å². The van der Waals surface area contributed by atoms with Gasteiger partial charge in [0.05, 0.1) is 20.6 Å². The molecule has 0 aromatic rings. The van der Waals surface area contributed by atoms with Crippen LogP contribution in [0.3, 0.4) is 0 Å². The van der Waals surface area contributed by atoms with Gasteiger partial charge in [0.2, 0.25) is 0 Å². The molecule has 0 spiro atoms. The summed E-state index contributed by atoms with van der Waals surface area (Å²) in [6, 6.07) is 0.259. The maximum Gasteiger partial charge on any atom is 0.128 e. The Bertz CT molecular complexity index is 96.3. The van der Waals surface area contributed by atoms with Crippen molar-refractivity contribution in [1.29, 1.82) is 0 Å². The molecule has 0 radical (unpaired) electrons. The van der Waals surface area contributed by atoms with Crippen molar-refractivity contribution in [3.63, 3.8) is 0 Å². The molecule has 1 unspecified atom stereocenters. The average molecular weight is 147 g/mol. The molecule has 0 fully saturated rings. The highest BCUT2D eigenvalue weighted by molar-refractivity contribution is 4.51. The van der Waals surface area contributed by atoms with E-state index in [2.05, 4.69) is 4.90 Å². The number of hydroxylamine groups is 3. The molecule has 0 bridgehead atoms. The van der Waals surface area contributed by atoms with Crippen LogP contribution in [0, 0.1) is 0 Å². The summed E-state index contributed by atoms with van der Waals surface area (Å²) in [5.74, 6) is 0. The average Bonchev–Trinajstić information content (AvgIpc) is 1.60. The van der Waals surface area contributed by atoms with Gasteiger partial charge in [0, 0.05) is 0 Å². The van der Waals surface area contributed by atoms with E-state index in [9.17, 15) is 5.21 Å². The van der Waals surface area contributed by atoms with Gasteiger partial charge in [-0.05, 0) is 21.0 Å². The van der Waals surface area contributed by atoms with Crippen molar-refractivity contribution in [3.8, 4) is 0 Å². The van der Waals surface area contributed by atoms with E-state index in [1.807, 2.05) is 21.0 Å². The van der Waals surface area contributed by atoms with Gasteiger partial charge in [0.1, 0.15) is 6.04 Å². The predicted octanol–water partition coefficient (Wildman–Crippen LogP) is 0.402. The first-order valence-electron chi connectivity index (χ1n) is 3.55. The largest absolute Gasteiger partial charge is 0.304 e. The van der Waals surface area contributed by atoms with Crippen LogP contribution >= 0.6 is 0 Å². The van der Waals surface area contributed by atoms with Crippen LogP contribution in [0.1, 0.15) is 6.92 Å². The van der Waals surface area contributed by atoms with Crippen molar-refractivity contribution < 1.29 is 9.85 Å². The smallest absolute Gasteiger partial charge is 0.128 e. The van der Waals surface area contributed by atoms with Crippen LogP contribution in [0.5, 0.6) is 0 Å². The summed E-state index contributed by atoms with van der Waals surface area (Å²) >= 11 is 0. The minimum absolute atomic E-state index is 0.0399. The van der Waals surface area contributed by atoms with Crippen LogP contribution in [-0.2, 0) is 0 Å². The van der Waals surface area contributed by atoms with Crippen LogP contribution in [0.2, 0.25) is 0 Å². The van der Waals surface area contributed by atoms with Gasteiger partial charge in [-0.1, -0.05) is 0 Å². The predicted molar refractivity (Wildman–Crippen MR) is 41.9 cm³/mol. The molecule has 0 aliphatic carbocycles. The lowest BCUT2D eigenvalue weighted by Gasteiger charge is -2.29. The summed E-state index contributed by atoms with van der Waals surface area (Å²) < 4.78 is 0.0399. The lowest BCUT2D eigenvalue weighted by molar-refractivity contribution is -1.09. The number of likely N-dealkylation sites (N-methyl/N-ethyl adjacent to an activating group) is 2. The van der Waals surface area contributed by atoms with Crippen LogP contribution in [0.15, 0.2) is 0 Å². The maximum atomic E-state index is 9.45. The highest BCUT2D eigenvalue weighted by atomic mass is 16.5. The fourth-order valence-corrected chi connectivity index (χ4v) is 0.728. The van der Waals surface area contributed by atoms with E-state index < -0.39 is 0 Å². The maximum absolute atomic E-state index is 9.45. The van der Waals surface area contributed by atoms with E-state index in [-0.39, 0.29) is 10.7 Å². The normalized spacial score (nSPS) is 15.9. The van der Waals surface area contributed by atoms with Gasteiger partial charge in [-0.25, -0.2) is 5.21 Å². The Morgan fingerprint density at radius 1 is 1.40 bits per heavy atom. The van der Waals surface area contributed by atoms with Crippen LogP contribution in [0.25, 0.3) is 0 Å². The third-order valence-electron chi connectivity index (χ3n) is 1.71. The van der Waals surface area contributed by atoms with E-state index in [0.29, 0.717) is 0 Å². The Balaban J connectivity index is 3.73. The second-order valence-electron chi connectivity index (χ2n) is 3.59. The number of hydrogen-bond acceptors (Lipinski definition) is 2. The highest BCUT2D eigenvalue weighted by Crippen LogP contribution is 2.01. The summed E-state index contributed by atoms with van der Waals surface area (Å²) in [4.78, 5) is 2.07. The first-order chi connectivity index (χ1) is 4.34. The Kier molecular flexibility index (Phi) is 3.28. The summed E-state index contributed by atoms with van der Waals surface area (Å²) in [5.41, 5.74) is 0. The molecule has 0 rings (SSSR count). The molecule has 1 N–H and O–H groups in total. The van der Waals surface area contributed by atoms with Crippen LogP contribution in [0.4, 0.5) is 0 Å². The highest BCUT2D eigenvalue weighted by Gasteiger charge is 2.21. The molecule has 0 aliphatic heterocycles. The van der Waals surface area contributed by atoms with Crippen molar-refractivity contribution in [2.75, 3.05) is 34.7 Å². The van der Waals surface area contributed by atoms with Crippen LogP contribution < -0.4 is 0 Å². The van der Waals surface area contributed by atoms with Gasteiger partial charge in [0.25, 0.3) is 0 Å². The van der Waals surface area contributed by atoms with Gasteiger partial charge in [0.15, 0.2) is 0 Å². The molecule has 62 valence electrons. The lowest BCUT2D eigenvalue weighted by atomic mass is 10.3. The molecule has 0 heterocycles. The van der Waals surface area contributed by atoms with E-state index >= 15 is 0 Å². The van der Waals surface area contributed by atoms with Gasteiger partial charge < -0.3 is 4.90 Å².